The summed E-state index contributed by atoms with van der Waals surface area (Å²) in [6.45, 7) is 2.05. The van der Waals surface area contributed by atoms with E-state index >= 15 is 0 Å². The van der Waals surface area contributed by atoms with E-state index in [1.54, 1.807) is 17.8 Å². The molecule has 0 radical (unpaired) electrons. The van der Waals surface area contributed by atoms with Crippen molar-refractivity contribution in [3.63, 3.8) is 0 Å². The molecule has 1 aromatic carbocycles. The fourth-order valence-corrected chi connectivity index (χ4v) is 3.53. The van der Waals surface area contributed by atoms with Crippen molar-refractivity contribution in [2.24, 2.45) is 0 Å². The van der Waals surface area contributed by atoms with Crippen LogP contribution in [0.15, 0.2) is 29.2 Å². The lowest BCUT2D eigenvalue weighted by Gasteiger charge is -2.12. The second-order valence-electron chi connectivity index (χ2n) is 3.91. The molecule has 1 amide bonds. The zero-order chi connectivity index (χ0) is 13.0. The minimum Gasteiger partial charge on any atom is -0.341 e. The minimum absolute atomic E-state index is 0.0731. The largest absolute Gasteiger partial charge is 0.341 e. The summed E-state index contributed by atoms with van der Waals surface area (Å²) in [5.74, 6) is 1.57. The van der Waals surface area contributed by atoms with Gasteiger partial charge < -0.3 is 5.32 Å². The van der Waals surface area contributed by atoms with Crippen molar-refractivity contribution in [2.45, 2.75) is 24.3 Å². The Kier molecular flexibility index (Phi) is 4.72. The third kappa shape index (κ3) is 3.09. The number of thioether (sulfide) groups is 2. The molecule has 0 aliphatic carbocycles. The van der Waals surface area contributed by atoms with Crippen LogP contribution in [-0.4, -0.2) is 28.6 Å². The van der Waals surface area contributed by atoms with Crippen molar-refractivity contribution < 1.29 is 9.59 Å². The normalized spacial score (nSPS) is 18.9. The van der Waals surface area contributed by atoms with E-state index in [-0.39, 0.29) is 17.1 Å². The maximum absolute atomic E-state index is 12.2. The lowest BCUT2D eigenvalue weighted by atomic mass is 10.2. The number of carbonyl (C=O) groups is 2. The van der Waals surface area contributed by atoms with Crippen LogP contribution >= 0.6 is 23.5 Å². The van der Waals surface area contributed by atoms with E-state index < -0.39 is 0 Å². The molecule has 5 heteroatoms. The number of nitrogens with one attached hydrogen (secondary N) is 1. The van der Waals surface area contributed by atoms with Crippen molar-refractivity contribution >= 4 is 34.5 Å². The van der Waals surface area contributed by atoms with Crippen molar-refractivity contribution in [1.82, 2.24) is 5.32 Å². The number of rotatable bonds is 4. The van der Waals surface area contributed by atoms with Crippen LogP contribution in [0.25, 0.3) is 0 Å². The van der Waals surface area contributed by atoms with Crippen LogP contribution < -0.4 is 5.32 Å². The Hall–Kier alpha value is -0.940. The second-order valence-corrected chi connectivity index (χ2v) is 6.32. The highest BCUT2D eigenvalue weighted by Crippen LogP contribution is 2.24. The van der Waals surface area contributed by atoms with E-state index in [1.807, 2.05) is 18.2 Å². The van der Waals surface area contributed by atoms with Gasteiger partial charge in [-0.2, -0.15) is 0 Å². The van der Waals surface area contributed by atoms with Crippen molar-refractivity contribution in [1.29, 1.82) is 0 Å². The molecule has 1 heterocycles. The molecule has 1 aliphatic heterocycles. The Balaban J connectivity index is 2.10. The molecule has 1 atom stereocenters. The topological polar surface area (TPSA) is 46.2 Å². The summed E-state index contributed by atoms with van der Waals surface area (Å²) < 4.78 is 0. The first-order valence-electron chi connectivity index (χ1n) is 5.91. The van der Waals surface area contributed by atoms with Gasteiger partial charge in [0.1, 0.15) is 0 Å². The summed E-state index contributed by atoms with van der Waals surface area (Å²) in [6.07, 6.45) is 0.734. The van der Waals surface area contributed by atoms with E-state index in [9.17, 15) is 9.59 Å². The zero-order valence-electron chi connectivity index (χ0n) is 10.1. The van der Waals surface area contributed by atoms with Gasteiger partial charge in [0.15, 0.2) is 0 Å². The number of hydrogen-bond donors (Lipinski definition) is 1. The highest BCUT2D eigenvalue weighted by atomic mass is 32.2. The quantitative estimate of drug-likeness (QED) is 0.862. The molecular formula is C13H15NO2S2. The molecule has 0 bridgehead atoms. The molecular weight excluding hydrogens is 266 g/mol. The minimum atomic E-state index is -0.317. The molecule has 3 nitrogen and oxygen atoms in total. The summed E-state index contributed by atoms with van der Waals surface area (Å²) >= 11 is 2.94. The average Bonchev–Trinajstić information content (AvgIpc) is 2.76. The van der Waals surface area contributed by atoms with Crippen LogP contribution in [0.1, 0.15) is 23.7 Å². The van der Waals surface area contributed by atoms with Gasteiger partial charge in [0.25, 0.3) is 5.91 Å². The van der Waals surface area contributed by atoms with Gasteiger partial charge in [0.05, 0.1) is 11.6 Å². The third-order valence-corrected chi connectivity index (χ3v) is 4.64. The van der Waals surface area contributed by atoms with Gasteiger partial charge in [0.2, 0.25) is 5.12 Å². The Morgan fingerprint density at radius 2 is 2.28 bits per heavy atom. The summed E-state index contributed by atoms with van der Waals surface area (Å²) in [6, 6.07) is 7.20. The highest BCUT2D eigenvalue weighted by molar-refractivity contribution is 8.14. The first-order valence-corrected chi connectivity index (χ1v) is 7.89. The molecule has 0 spiro atoms. The molecule has 1 unspecified atom stereocenters. The average molecular weight is 281 g/mol. The summed E-state index contributed by atoms with van der Waals surface area (Å²) in [4.78, 5) is 24.6. The molecule has 2 rings (SSSR count). The lowest BCUT2D eigenvalue weighted by molar-refractivity contribution is -0.112. The first-order chi connectivity index (χ1) is 8.72. The van der Waals surface area contributed by atoms with Gasteiger partial charge in [0, 0.05) is 10.6 Å². The Morgan fingerprint density at radius 3 is 2.94 bits per heavy atom. The number of hydrogen-bond acceptors (Lipinski definition) is 4. The third-order valence-electron chi connectivity index (χ3n) is 2.67. The van der Waals surface area contributed by atoms with Crippen LogP contribution in [-0.2, 0) is 4.79 Å². The summed E-state index contributed by atoms with van der Waals surface area (Å²) in [5, 5.41) is 2.89. The van der Waals surface area contributed by atoms with Crippen LogP contribution in [0.4, 0.5) is 0 Å². The summed E-state index contributed by atoms with van der Waals surface area (Å²) in [7, 11) is 0. The predicted molar refractivity (Wildman–Crippen MR) is 76.2 cm³/mol. The van der Waals surface area contributed by atoms with E-state index in [4.69, 9.17) is 0 Å². The molecule has 1 saturated heterocycles. The van der Waals surface area contributed by atoms with Crippen LogP contribution in [0.5, 0.6) is 0 Å². The number of benzene rings is 1. The van der Waals surface area contributed by atoms with Gasteiger partial charge in [-0.3, -0.25) is 9.59 Å². The van der Waals surface area contributed by atoms with Crippen LogP contribution in [0.3, 0.4) is 0 Å². The Morgan fingerprint density at radius 1 is 1.50 bits per heavy atom. The van der Waals surface area contributed by atoms with E-state index in [2.05, 4.69) is 12.2 Å². The molecule has 1 fully saturated rings. The van der Waals surface area contributed by atoms with Crippen molar-refractivity contribution in [3.05, 3.63) is 29.8 Å². The first kappa shape index (κ1) is 13.5. The van der Waals surface area contributed by atoms with Gasteiger partial charge in [-0.15, -0.1) is 11.8 Å². The fourth-order valence-electron chi connectivity index (χ4n) is 1.80. The highest BCUT2D eigenvalue weighted by Gasteiger charge is 2.27. The Bertz CT molecular complexity index is 462. The second kappa shape index (κ2) is 6.29. The van der Waals surface area contributed by atoms with Gasteiger partial charge in [-0.05, 0) is 24.3 Å². The van der Waals surface area contributed by atoms with Crippen LogP contribution in [0.2, 0.25) is 0 Å². The molecule has 1 aliphatic rings. The Labute approximate surface area is 115 Å². The number of amides is 1. The van der Waals surface area contributed by atoms with Crippen molar-refractivity contribution in [2.75, 3.05) is 11.5 Å². The lowest BCUT2D eigenvalue weighted by Crippen LogP contribution is -2.37. The number of carbonyl (C=O) groups excluding carboxylic acids is 2. The van der Waals surface area contributed by atoms with E-state index in [1.165, 1.54) is 11.8 Å². The van der Waals surface area contributed by atoms with E-state index in [0.29, 0.717) is 5.56 Å². The maximum Gasteiger partial charge on any atom is 0.253 e. The maximum atomic E-state index is 12.2. The molecule has 1 aromatic rings. The molecule has 96 valence electrons. The monoisotopic (exact) mass is 281 g/mol. The van der Waals surface area contributed by atoms with Gasteiger partial charge in [-0.1, -0.05) is 30.8 Å². The predicted octanol–water partition coefficient (Wildman–Crippen LogP) is 2.56. The fraction of sp³-hybridized carbons (Fsp3) is 0.385. The molecule has 18 heavy (non-hydrogen) atoms. The molecule has 1 N–H and O–H groups in total. The van der Waals surface area contributed by atoms with Crippen LogP contribution in [0, 0.1) is 0 Å². The SMILES string of the molecule is CCSc1ccccc1C(=O)NC1CCSC1=O. The standard InChI is InChI=1S/C13H15NO2S2/c1-2-17-11-6-4-3-5-9(11)12(15)14-10-7-8-18-13(10)16/h3-6,10H,2,7-8H2,1H3,(H,14,15). The van der Waals surface area contributed by atoms with Gasteiger partial charge >= 0.3 is 0 Å². The van der Waals surface area contributed by atoms with Crippen molar-refractivity contribution in [3.8, 4) is 0 Å². The smallest absolute Gasteiger partial charge is 0.253 e. The molecule has 0 saturated carbocycles. The van der Waals surface area contributed by atoms with E-state index in [0.717, 1.165) is 22.8 Å². The summed E-state index contributed by atoms with van der Waals surface area (Å²) in [5.41, 5.74) is 0.661. The zero-order valence-corrected chi connectivity index (χ0v) is 11.8. The van der Waals surface area contributed by atoms with Gasteiger partial charge in [-0.25, -0.2) is 0 Å². The molecule has 0 aromatic heterocycles.